The fraction of sp³-hybridized carbons (Fsp3) is 0.471. The second-order valence-electron chi connectivity index (χ2n) is 6.10. The SMILES string of the molecule is Cc1nc(C2CCCC2)sc1C(=O)N1CCOc2ccncc21. The van der Waals surface area contributed by atoms with Crippen molar-refractivity contribution in [3.05, 3.63) is 34.0 Å². The third kappa shape index (κ3) is 2.61. The summed E-state index contributed by atoms with van der Waals surface area (Å²) in [5.41, 5.74) is 1.60. The molecule has 1 aliphatic carbocycles. The summed E-state index contributed by atoms with van der Waals surface area (Å²) < 4.78 is 5.61. The first kappa shape index (κ1) is 14.6. The molecule has 0 bridgehead atoms. The fourth-order valence-electron chi connectivity index (χ4n) is 3.36. The quantitative estimate of drug-likeness (QED) is 0.845. The van der Waals surface area contributed by atoms with Crippen LogP contribution in [-0.4, -0.2) is 29.0 Å². The van der Waals surface area contributed by atoms with Gasteiger partial charge in [0.15, 0.2) is 0 Å². The molecule has 23 heavy (non-hydrogen) atoms. The zero-order valence-electron chi connectivity index (χ0n) is 13.1. The van der Waals surface area contributed by atoms with E-state index in [9.17, 15) is 4.79 Å². The highest BCUT2D eigenvalue weighted by Crippen LogP contribution is 2.38. The van der Waals surface area contributed by atoms with Crippen molar-refractivity contribution in [1.82, 2.24) is 9.97 Å². The van der Waals surface area contributed by atoms with E-state index in [2.05, 4.69) is 9.97 Å². The largest absolute Gasteiger partial charge is 0.489 e. The average Bonchev–Trinajstić information content (AvgIpc) is 3.23. The van der Waals surface area contributed by atoms with Gasteiger partial charge in [-0.05, 0) is 19.8 Å². The molecule has 120 valence electrons. The zero-order chi connectivity index (χ0) is 15.8. The highest BCUT2D eigenvalue weighted by Gasteiger charge is 2.29. The summed E-state index contributed by atoms with van der Waals surface area (Å²) in [6, 6.07) is 1.80. The molecule has 4 rings (SSSR count). The number of fused-ring (bicyclic) bond motifs is 1. The molecule has 0 aromatic carbocycles. The van der Waals surface area contributed by atoms with Crippen molar-refractivity contribution in [2.75, 3.05) is 18.1 Å². The fourth-order valence-corrected chi connectivity index (χ4v) is 4.55. The Labute approximate surface area is 139 Å². The monoisotopic (exact) mass is 329 g/mol. The minimum absolute atomic E-state index is 0.0156. The number of amides is 1. The third-order valence-electron chi connectivity index (χ3n) is 4.58. The molecule has 1 fully saturated rings. The van der Waals surface area contributed by atoms with Gasteiger partial charge in [0.25, 0.3) is 5.91 Å². The zero-order valence-corrected chi connectivity index (χ0v) is 13.9. The standard InChI is InChI=1S/C17H19N3O2S/c1-11-15(23-16(19-11)12-4-2-3-5-12)17(21)20-8-9-22-14-6-7-18-10-13(14)20/h6-7,10,12H,2-5,8-9H2,1H3. The van der Waals surface area contributed by atoms with E-state index >= 15 is 0 Å². The number of anilines is 1. The minimum Gasteiger partial charge on any atom is -0.489 e. The number of aromatic nitrogens is 2. The molecular weight excluding hydrogens is 310 g/mol. The van der Waals surface area contributed by atoms with Crippen LogP contribution in [0.5, 0.6) is 5.75 Å². The van der Waals surface area contributed by atoms with Crippen molar-refractivity contribution in [3.63, 3.8) is 0 Å². The normalized spacial score (nSPS) is 17.9. The first-order chi connectivity index (χ1) is 11.2. The van der Waals surface area contributed by atoms with Crippen LogP contribution in [0.25, 0.3) is 0 Å². The molecule has 6 heteroatoms. The highest BCUT2D eigenvalue weighted by molar-refractivity contribution is 7.14. The maximum atomic E-state index is 13.0. The lowest BCUT2D eigenvalue weighted by atomic mass is 10.1. The van der Waals surface area contributed by atoms with E-state index < -0.39 is 0 Å². The predicted octanol–water partition coefficient (Wildman–Crippen LogP) is 3.54. The Hall–Kier alpha value is -1.95. The lowest BCUT2D eigenvalue weighted by Crippen LogP contribution is -2.37. The Kier molecular flexibility index (Phi) is 3.77. The summed E-state index contributed by atoms with van der Waals surface area (Å²) in [5, 5.41) is 1.13. The van der Waals surface area contributed by atoms with Crippen LogP contribution in [0.1, 0.15) is 52.0 Å². The van der Waals surface area contributed by atoms with Crippen LogP contribution in [0, 0.1) is 6.92 Å². The molecule has 1 saturated carbocycles. The predicted molar refractivity (Wildman–Crippen MR) is 89.5 cm³/mol. The van der Waals surface area contributed by atoms with E-state index in [0.29, 0.717) is 19.1 Å². The van der Waals surface area contributed by atoms with Gasteiger partial charge in [-0.1, -0.05) is 12.8 Å². The van der Waals surface area contributed by atoms with Gasteiger partial charge >= 0.3 is 0 Å². The molecule has 1 aliphatic heterocycles. The Bertz CT molecular complexity index is 737. The summed E-state index contributed by atoms with van der Waals surface area (Å²) in [4.78, 5) is 24.4. The van der Waals surface area contributed by atoms with Crippen LogP contribution in [0.3, 0.4) is 0 Å². The summed E-state index contributed by atoms with van der Waals surface area (Å²) in [6.07, 6.45) is 8.32. The number of nitrogens with zero attached hydrogens (tertiary/aromatic N) is 3. The molecule has 0 atom stereocenters. The Balaban J connectivity index is 1.65. The smallest absolute Gasteiger partial charge is 0.270 e. The molecule has 0 radical (unpaired) electrons. The van der Waals surface area contributed by atoms with Crippen LogP contribution in [0.4, 0.5) is 5.69 Å². The van der Waals surface area contributed by atoms with Gasteiger partial charge in [-0.15, -0.1) is 11.3 Å². The summed E-state index contributed by atoms with van der Waals surface area (Å²) in [6.45, 7) is 3.00. The average molecular weight is 329 g/mol. The van der Waals surface area contributed by atoms with Gasteiger partial charge < -0.3 is 4.74 Å². The summed E-state index contributed by atoms with van der Waals surface area (Å²) in [5.74, 6) is 1.28. The van der Waals surface area contributed by atoms with Crippen molar-refractivity contribution >= 4 is 22.9 Å². The molecule has 0 spiro atoms. The van der Waals surface area contributed by atoms with Crippen LogP contribution in [0.2, 0.25) is 0 Å². The van der Waals surface area contributed by atoms with Gasteiger partial charge in [-0.3, -0.25) is 14.7 Å². The van der Waals surface area contributed by atoms with Gasteiger partial charge in [0.1, 0.15) is 22.9 Å². The Morgan fingerprint density at radius 3 is 3.04 bits per heavy atom. The van der Waals surface area contributed by atoms with E-state index in [0.717, 1.165) is 27.0 Å². The molecular formula is C17H19N3O2S. The maximum absolute atomic E-state index is 13.0. The molecule has 0 unspecified atom stereocenters. The minimum atomic E-state index is 0.0156. The Morgan fingerprint density at radius 2 is 2.22 bits per heavy atom. The van der Waals surface area contributed by atoms with Gasteiger partial charge in [0.2, 0.25) is 0 Å². The molecule has 0 N–H and O–H groups in total. The van der Waals surface area contributed by atoms with E-state index in [1.165, 1.54) is 25.7 Å². The van der Waals surface area contributed by atoms with Crippen LogP contribution < -0.4 is 9.64 Å². The number of carbonyl (C=O) groups is 1. The number of hydrogen-bond acceptors (Lipinski definition) is 5. The number of carbonyl (C=O) groups excluding carboxylic acids is 1. The van der Waals surface area contributed by atoms with E-state index in [1.807, 2.05) is 6.92 Å². The molecule has 5 nitrogen and oxygen atoms in total. The van der Waals surface area contributed by atoms with Crippen molar-refractivity contribution in [3.8, 4) is 5.75 Å². The highest BCUT2D eigenvalue weighted by atomic mass is 32.1. The van der Waals surface area contributed by atoms with Gasteiger partial charge in [0.05, 0.1) is 23.4 Å². The lowest BCUT2D eigenvalue weighted by molar-refractivity contribution is 0.0979. The lowest BCUT2D eigenvalue weighted by Gasteiger charge is -2.28. The van der Waals surface area contributed by atoms with Crippen molar-refractivity contribution in [1.29, 1.82) is 0 Å². The van der Waals surface area contributed by atoms with Gasteiger partial charge in [0, 0.05) is 18.2 Å². The first-order valence-corrected chi connectivity index (χ1v) is 8.91. The second kappa shape index (κ2) is 5.92. The van der Waals surface area contributed by atoms with E-state index in [4.69, 9.17) is 4.74 Å². The Morgan fingerprint density at radius 1 is 1.39 bits per heavy atom. The number of thiazole rings is 1. The second-order valence-corrected chi connectivity index (χ2v) is 7.13. The number of ether oxygens (including phenoxy) is 1. The molecule has 2 aromatic rings. The van der Waals surface area contributed by atoms with Gasteiger partial charge in [-0.2, -0.15) is 0 Å². The van der Waals surface area contributed by atoms with Crippen molar-refractivity contribution in [2.45, 2.75) is 38.5 Å². The van der Waals surface area contributed by atoms with E-state index in [1.54, 1.807) is 34.7 Å². The molecule has 0 saturated heterocycles. The van der Waals surface area contributed by atoms with Gasteiger partial charge in [-0.25, -0.2) is 4.98 Å². The molecule has 2 aliphatic rings. The van der Waals surface area contributed by atoms with Crippen LogP contribution >= 0.6 is 11.3 Å². The van der Waals surface area contributed by atoms with Crippen LogP contribution in [-0.2, 0) is 0 Å². The number of pyridine rings is 1. The molecule has 1 amide bonds. The molecule has 2 aromatic heterocycles. The number of aryl methyl sites for hydroxylation is 1. The van der Waals surface area contributed by atoms with Crippen LogP contribution in [0.15, 0.2) is 18.5 Å². The molecule has 3 heterocycles. The number of rotatable bonds is 2. The summed E-state index contributed by atoms with van der Waals surface area (Å²) in [7, 11) is 0. The third-order valence-corrected chi connectivity index (χ3v) is 5.89. The number of hydrogen-bond donors (Lipinski definition) is 0. The first-order valence-electron chi connectivity index (χ1n) is 8.10. The van der Waals surface area contributed by atoms with E-state index in [-0.39, 0.29) is 5.91 Å². The maximum Gasteiger partial charge on any atom is 0.270 e. The summed E-state index contributed by atoms with van der Waals surface area (Å²) >= 11 is 1.57. The topological polar surface area (TPSA) is 55.3 Å². The van der Waals surface area contributed by atoms with Crippen molar-refractivity contribution in [2.24, 2.45) is 0 Å². The van der Waals surface area contributed by atoms with Crippen molar-refractivity contribution < 1.29 is 9.53 Å².